The molecule has 0 saturated heterocycles. The number of hydrogen-bond donors (Lipinski definition) is 2. The molecule has 0 aliphatic rings. The Kier molecular flexibility index (Phi) is 4.43. The molecular weight excluding hydrogens is 364 g/mol. The summed E-state index contributed by atoms with van der Waals surface area (Å²) in [6.45, 7) is 0.394. The predicted molar refractivity (Wildman–Crippen MR) is 103 cm³/mol. The van der Waals surface area contributed by atoms with Gasteiger partial charge < -0.3 is 15.8 Å². The number of aromatic nitrogens is 4. The minimum absolute atomic E-state index is 0.237. The second kappa shape index (κ2) is 7.04. The van der Waals surface area contributed by atoms with Gasteiger partial charge in [-0.25, -0.2) is 9.97 Å². The zero-order valence-corrected chi connectivity index (χ0v) is 15.2. The van der Waals surface area contributed by atoms with E-state index in [1.807, 2.05) is 29.6 Å². The van der Waals surface area contributed by atoms with Crippen molar-refractivity contribution in [3.05, 3.63) is 59.1 Å². The summed E-state index contributed by atoms with van der Waals surface area (Å²) < 4.78 is 6.62. The molecule has 0 aliphatic heterocycles. The summed E-state index contributed by atoms with van der Waals surface area (Å²) in [5, 5.41) is 9.77. The molecule has 0 spiro atoms. The van der Waals surface area contributed by atoms with E-state index in [0.29, 0.717) is 34.4 Å². The van der Waals surface area contributed by atoms with Crippen LogP contribution in [-0.2, 0) is 6.54 Å². The molecule has 3 N–H and O–H groups in total. The number of anilines is 1. The first kappa shape index (κ1) is 17.0. The number of methoxy groups -OCH3 is 1. The van der Waals surface area contributed by atoms with Gasteiger partial charge in [0.15, 0.2) is 10.7 Å². The number of thiazole rings is 1. The lowest BCUT2D eigenvalue weighted by atomic mass is 10.2. The van der Waals surface area contributed by atoms with Crippen LogP contribution >= 0.6 is 11.3 Å². The Balaban J connectivity index is 1.54. The van der Waals surface area contributed by atoms with Crippen molar-refractivity contribution in [2.45, 2.75) is 6.54 Å². The number of ether oxygens (including phenoxy) is 1. The molecule has 1 amide bonds. The Hall–Kier alpha value is -3.46. The smallest absolute Gasteiger partial charge is 0.251 e. The summed E-state index contributed by atoms with van der Waals surface area (Å²) in [4.78, 5) is 21.1. The van der Waals surface area contributed by atoms with E-state index in [1.165, 1.54) is 15.9 Å². The Bertz CT molecular complexity index is 1090. The summed E-state index contributed by atoms with van der Waals surface area (Å²) in [7, 11) is 1.61. The lowest BCUT2D eigenvalue weighted by Crippen LogP contribution is -2.23. The van der Waals surface area contributed by atoms with Gasteiger partial charge in [0.1, 0.15) is 11.6 Å². The fourth-order valence-electron chi connectivity index (χ4n) is 2.59. The molecule has 0 aliphatic carbocycles. The average Bonchev–Trinajstić information content (AvgIpc) is 3.36. The highest BCUT2D eigenvalue weighted by atomic mass is 32.1. The Morgan fingerprint density at radius 2 is 2.11 bits per heavy atom. The molecule has 27 heavy (non-hydrogen) atoms. The van der Waals surface area contributed by atoms with Crippen molar-refractivity contribution in [2.24, 2.45) is 0 Å². The van der Waals surface area contributed by atoms with Gasteiger partial charge >= 0.3 is 0 Å². The molecule has 0 unspecified atom stereocenters. The topological polar surface area (TPSA) is 107 Å². The number of fused-ring (bicyclic) bond motifs is 1. The molecule has 0 atom stereocenters. The van der Waals surface area contributed by atoms with Crippen LogP contribution in [0.25, 0.3) is 16.5 Å². The first-order valence-corrected chi connectivity index (χ1v) is 8.99. The van der Waals surface area contributed by atoms with Gasteiger partial charge in [-0.2, -0.15) is 4.52 Å². The monoisotopic (exact) mass is 380 g/mol. The Labute approximate surface area is 158 Å². The van der Waals surface area contributed by atoms with E-state index < -0.39 is 0 Å². The number of pyridine rings is 1. The van der Waals surface area contributed by atoms with E-state index in [9.17, 15) is 4.79 Å². The van der Waals surface area contributed by atoms with Crippen molar-refractivity contribution in [2.75, 3.05) is 12.8 Å². The molecule has 3 aromatic heterocycles. The average molecular weight is 380 g/mol. The fourth-order valence-corrected chi connectivity index (χ4v) is 3.16. The van der Waals surface area contributed by atoms with Crippen LogP contribution in [-0.4, -0.2) is 32.6 Å². The summed E-state index contributed by atoms with van der Waals surface area (Å²) in [5.74, 6) is 1.34. The molecule has 136 valence electrons. The molecule has 0 radical (unpaired) electrons. The van der Waals surface area contributed by atoms with E-state index in [2.05, 4.69) is 20.4 Å². The summed E-state index contributed by atoms with van der Waals surface area (Å²) in [6.07, 6.45) is 1.69. The van der Waals surface area contributed by atoms with Gasteiger partial charge in [0, 0.05) is 23.7 Å². The van der Waals surface area contributed by atoms with Gasteiger partial charge in [-0.1, -0.05) is 12.1 Å². The minimum atomic E-state index is -0.237. The van der Waals surface area contributed by atoms with Gasteiger partial charge in [0.2, 0.25) is 5.82 Å². The standard InChI is InChI=1S/C18H16N6O2S/c1-26-13-4-2-11(3-5-13)10-21-17(25)12-8-14(19)24-15(9-12)22-16(23-24)18-20-6-7-27-18/h2-9H,10,19H2,1H3,(H,21,25). The molecule has 4 rings (SSSR count). The van der Waals surface area contributed by atoms with Gasteiger partial charge in [0.25, 0.3) is 5.91 Å². The van der Waals surface area contributed by atoms with Gasteiger partial charge in [-0.3, -0.25) is 4.79 Å². The Morgan fingerprint density at radius 1 is 1.30 bits per heavy atom. The lowest BCUT2D eigenvalue weighted by Gasteiger charge is -2.07. The third kappa shape index (κ3) is 3.44. The fraction of sp³-hybridized carbons (Fsp3) is 0.111. The maximum absolute atomic E-state index is 12.5. The predicted octanol–water partition coefficient (Wildman–Crippen LogP) is 2.37. The zero-order valence-electron chi connectivity index (χ0n) is 14.4. The summed E-state index contributed by atoms with van der Waals surface area (Å²) in [5.41, 5.74) is 7.93. The molecule has 4 aromatic rings. The van der Waals surface area contributed by atoms with Crippen LogP contribution in [0.3, 0.4) is 0 Å². The molecule has 0 bridgehead atoms. The van der Waals surface area contributed by atoms with E-state index in [-0.39, 0.29) is 5.91 Å². The molecule has 9 heteroatoms. The highest BCUT2D eigenvalue weighted by Gasteiger charge is 2.14. The first-order valence-electron chi connectivity index (χ1n) is 8.11. The van der Waals surface area contributed by atoms with Gasteiger partial charge in [-0.15, -0.1) is 16.4 Å². The van der Waals surface area contributed by atoms with E-state index in [1.54, 1.807) is 25.4 Å². The van der Waals surface area contributed by atoms with E-state index >= 15 is 0 Å². The summed E-state index contributed by atoms with van der Waals surface area (Å²) >= 11 is 1.44. The number of benzene rings is 1. The Morgan fingerprint density at radius 3 is 2.81 bits per heavy atom. The third-order valence-corrected chi connectivity index (χ3v) is 4.73. The molecular formula is C18H16N6O2S. The van der Waals surface area contributed by atoms with E-state index in [4.69, 9.17) is 10.5 Å². The van der Waals surface area contributed by atoms with Crippen molar-refractivity contribution >= 4 is 28.7 Å². The second-order valence-electron chi connectivity index (χ2n) is 5.74. The number of carbonyl (C=O) groups is 1. The van der Waals surface area contributed by atoms with E-state index in [0.717, 1.165) is 11.3 Å². The second-order valence-corrected chi connectivity index (χ2v) is 6.64. The number of nitrogens with zero attached hydrogens (tertiary/aromatic N) is 4. The lowest BCUT2D eigenvalue weighted by molar-refractivity contribution is 0.0951. The number of rotatable bonds is 5. The largest absolute Gasteiger partial charge is 0.497 e. The van der Waals surface area contributed by atoms with Crippen molar-refractivity contribution in [1.29, 1.82) is 0 Å². The molecule has 0 fully saturated rings. The van der Waals surface area contributed by atoms with Crippen LogP contribution in [0.1, 0.15) is 15.9 Å². The minimum Gasteiger partial charge on any atom is -0.497 e. The van der Waals surface area contributed by atoms with Crippen molar-refractivity contribution < 1.29 is 9.53 Å². The number of carbonyl (C=O) groups excluding carboxylic acids is 1. The first-order chi connectivity index (χ1) is 13.1. The molecule has 1 aromatic carbocycles. The number of hydrogen-bond acceptors (Lipinski definition) is 7. The maximum atomic E-state index is 12.5. The maximum Gasteiger partial charge on any atom is 0.251 e. The third-order valence-electron chi connectivity index (χ3n) is 3.96. The molecule has 0 saturated carbocycles. The van der Waals surface area contributed by atoms with Crippen molar-refractivity contribution in [3.63, 3.8) is 0 Å². The van der Waals surface area contributed by atoms with Crippen molar-refractivity contribution in [1.82, 2.24) is 24.9 Å². The van der Waals surface area contributed by atoms with Crippen LogP contribution in [0, 0.1) is 0 Å². The van der Waals surface area contributed by atoms with Crippen LogP contribution in [0.5, 0.6) is 5.75 Å². The SMILES string of the molecule is COc1ccc(CNC(=O)c2cc(N)n3nc(-c4nccs4)nc3c2)cc1. The highest BCUT2D eigenvalue weighted by molar-refractivity contribution is 7.13. The number of nitrogens with one attached hydrogen (secondary N) is 1. The quantitative estimate of drug-likeness (QED) is 0.550. The number of amides is 1. The summed E-state index contributed by atoms with van der Waals surface area (Å²) in [6, 6.07) is 10.7. The van der Waals surface area contributed by atoms with Crippen LogP contribution in [0.4, 0.5) is 5.82 Å². The van der Waals surface area contributed by atoms with Crippen LogP contribution < -0.4 is 15.8 Å². The van der Waals surface area contributed by atoms with Crippen molar-refractivity contribution in [3.8, 4) is 16.6 Å². The number of nitrogens with two attached hydrogens (primary N) is 1. The number of nitrogen functional groups attached to an aromatic ring is 1. The van der Waals surface area contributed by atoms with Crippen LogP contribution in [0.2, 0.25) is 0 Å². The molecule has 3 heterocycles. The zero-order chi connectivity index (χ0) is 18.8. The van der Waals surface area contributed by atoms with Gasteiger partial charge in [0.05, 0.1) is 7.11 Å². The van der Waals surface area contributed by atoms with Crippen LogP contribution in [0.15, 0.2) is 48.0 Å². The highest BCUT2D eigenvalue weighted by Crippen LogP contribution is 2.21. The van der Waals surface area contributed by atoms with Gasteiger partial charge in [-0.05, 0) is 29.8 Å². The normalized spacial score (nSPS) is 10.9. The molecule has 8 nitrogen and oxygen atoms in total.